The average molecular weight is 290 g/mol. The fourth-order valence-corrected chi connectivity index (χ4v) is 3.77. The zero-order chi connectivity index (χ0) is 14.7. The molecule has 1 aliphatic carbocycles. The molecule has 2 aliphatic rings. The standard InChI is InChI=1S/C16H26N4O/c1-20-11-13(8-19-20)14-9-17-10-15(14)16(21)18-7-6-12-4-2-3-5-12/h8,11-12,14-15,17H,2-7,9-10H2,1H3,(H,18,21)/t14-,15+/m1/s1. The molecule has 0 spiro atoms. The molecule has 1 amide bonds. The van der Waals surface area contributed by atoms with E-state index in [0.29, 0.717) is 0 Å². The number of nitrogens with one attached hydrogen (secondary N) is 2. The predicted molar refractivity (Wildman–Crippen MR) is 81.9 cm³/mol. The predicted octanol–water partition coefficient (Wildman–Crippen LogP) is 1.42. The minimum atomic E-state index is 0.0396. The van der Waals surface area contributed by atoms with Gasteiger partial charge in [0.2, 0.25) is 5.91 Å². The Kier molecular flexibility index (Phi) is 4.58. The number of nitrogens with zero attached hydrogens (tertiary/aromatic N) is 2. The Morgan fingerprint density at radius 1 is 1.43 bits per heavy atom. The molecular formula is C16H26N4O. The Hall–Kier alpha value is -1.36. The van der Waals surface area contributed by atoms with Crippen molar-refractivity contribution in [1.29, 1.82) is 0 Å². The Morgan fingerprint density at radius 2 is 2.24 bits per heavy atom. The highest BCUT2D eigenvalue weighted by Crippen LogP contribution is 2.29. The molecule has 3 rings (SSSR count). The summed E-state index contributed by atoms with van der Waals surface area (Å²) in [4.78, 5) is 12.4. The first-order valence-electron chi connectivity index (χ1n) is 8.21. The van der Waals surface area contributed by atoms with Crippen LogP contribution in [0.5, 0.6) is 0 Å². The van der Waals surface area contributed by atoms with Crippen LogP contribution in [0.2, 0.25) is 0 Å². The third-order valence-corrected chi connectivity index (χ3v) is 5.03. The Morgan fingerprint density at radius 3 is 2.95 bits per heavy atom. The van der Waals surface area contributed by atoms with Crippen molar-refractivity contribution < 1.29 is 4.79 Å². The fourth-order valence-electron chi connectivity index (χ4n) is 3.77. The van der Waals surface area contributed by atoms with Gasteiger partial charge in [-0.15, -0.1) is 0 Å². The van der Waals surface area contributed by atoms with Gasteiger partial charge in [-0.1, -0.05) is 25.7 Å². The lowest BCUT2D eigenvalue weighted by atomic mass is 9.90. The Balaban J connectivity index is 1.51. The first kappa shape index (κ1) is 14.6. The first-order valence-corrected chi connectivity index (χ1v) is 8.21. The van der Waals surface area contributed by atoms with Crippen molar-refractivity contribution in [1.82, 2.24) is 20.4 Å². The van der Waals surface area contributed by atoms with Gasteiger partial charge in [0.05, 0.1) is 12.1 Å². The average Bonchev–Trinajstić information content (AvgIpc) is 3.18. The number of carbonyl (C=O) groups excluding carboxylic acids is 1. The van der Waals surface area contributed by atoms with Crippen molar-refractivity contribution in [3.05, 3.63) is 18.0 Å². The molecule has 2 N–H and O–H groups in total. The van der Waals surface area contributed by atoms with Crippen LogP contribution < -0.4 is 10.6 Å². The molecule has 0 bridgehead atoms. The zero-order valence-electron chi connectivity index (χ0n) is 12.8. The molecule has 5 heteroatoms. The topological polar surface area (TPSA) is 59.0 Å². The van der Waals surface area contributed by atoms with E-state index in [0.717, 1.165) is 32.0 Å². The Labute approximate surface area is 126 Å². The van der Waals surface area contributed by atoms with E-state index in [1.165, 1.54) is 31.2 Å². The van der Waals surface area contributed by atoms with Gasteiger partial charge >= 0.3 is 0 Å². The van der Waals surface area contributed by atoms with E-state index in [-0.39, 0.29) is 17.7 Å². The maximum atomic E-state index is 12.4. The molecule has 1 saturated carbocycles. The van der Waals surface area contributed by atoms with E-state index in [9.17, 15) is 4.79 Å². The van der Waals surface area contributed by atoms with E-state index in [2.05, 4.69) is 15.7 Å². The lowest BCUT2D eigenvalue weighted by Gasteiger charge is -2.17. The van der Waals surface area contributed by atoms with Crippen LogP contribution in [0.25, 0.3) is 0 Å². The van der Waals surface area contributed by atoms with Crippen LogP contribution in [-0.4, -0.2) is 35.3 Å². The third kappa shape index (κ3) is 3.46. The van der Waals surface area contributed by atoms with Gasteiger partial charge in [0.1, 0.15) is 0 Å². The third-order valence-electron chi connectivity index (χ3n) is 5.03. The number of hydrogen-bond donors (Lipinski definition) is 2. The molecular weight excluding hydrogens is 264 g/mol. The van der Waals surface area contributed by atoms with E-state index >= 15 is 0 Å². The summed E-state index contributed by atoms with van der Waals surface area (Å²) < 4.78 is 1.81. The summed E-state index contributed by atoms with van der Waals surface area (Å²) in [6, 6.07) is 0. The van der Waals surface area contributed by atoms with Crippen molar-refractivity contribution >= 4 is 5.91 Å². The van der Waals surface area contributed by atoms with Gasteiger partial charge in [-0.25, -0.2) is 0 Å². The monoisotopic (exact) mass is 290 g/mol. The summed E-state index contributed by atoms with van der Waals surface area (Å²) in [5, 5.41) is 10.7. The van der Waals surface area contributed by atoms with E-state index in [1.54, 1.807) is 0 Å². The van der Waals surface area contributed by atoms with Crippen molar-refractivity contribution in [3.63, 3.8) is 0 Å². The van der Waals surface area contributed by atoms with Crippen LogP contribution in [0.3, 0.4) is 0 Å². The maximum absolute atomic E-state index is 12.4. The number of hydrogen-bond acceptors (Lipinski definition) is 3. The van der Waals surface area contributed by atoms with Crippen molar-refractivity contribution in [2.45, 2.75) is 38.0 Å². The number of aryl methyl sites for hydroxylation is 1. The molecule has 1 saturated heterocycles. The van der Waals surface area contributed by atoms with Crippen LogP contribution in [0.4, 0.5) is 0 Å². The highest BCUT2D eigenvalue weighted by molar-refractivity contribution is 5.80. The molecule has 0 aromatic carbocycles. The fraction of sp³-hybridized carbons (Fsp3) is 0.750. The smallest absolute Gasteiger partial charge is 0.225 e. The highest BCUT2D eigenvalue weighted by atomic mass is 16.1. The molecule has 1 aliphatic heterocycles. The molecule has 2 atom stereocenters. The minimum Gasteiger partial charge on any atom is -0.356 e. The van der Waals surface area contributed by atoms with Crippen LogP contribution in [0.1, 0.15) is 43.6 Å². The number of aromatic nitrogens is 2. The summed E-state index contributed by atoms with van der Waals surface area (Å²) in [5.41, 5.74) is 1.17. The largest absolute Gasteiger partial charge is 0.356 e. The molecule has 2 fully saturated rings. The van der Waals surface area contributed by atoms with E-state index in [4.69, 9.17) is 0 Å². The van der Waals surface area contributed by atoms with E-state index in [1.807, 2.05) is 24.1 Å². The van der Waals surface area contributed by atoms with Crippen molar-refractivity contribution in [3.8, 4) is 0 Å². The van der Waals surface area contributed by atoms with Crippen LogP contribution in [0, 0.1) is 11.8 Å². The molecule has 1 aromatic rings. The van der Waals surface area contributed by atoms with Gasteiger partial charge in [-0.3, -0.25) is 9.48 Å². The molecule has 1 aromatic heterocycles. The van der Waals surface area contributed by atoms with Gasteiger partial charge < -0.3 is 10.6 Å². The van der Waals surface area contributed by atoms with Crippen LogP contribution in [0.15, 0.2) is 12.4 Å². The lowest BCUT2D eigenvalue weighted by molar-refractivity contribution is -0.124. The quantitative estimate of drug-likeness (QED) is 0.862. The summed E-state index contributed by atoms with van der Waals surface area (Å²) >= 11 is 0. The Bertz CT molecular complexity index is 478. The van der Waals surface area contributed by atoms with E-state index < -0.39 is 0 Å². The lowest BCUT2D eigenvalue weighted by Crippen LogP contribution is -2.35. The summed E-state index contributed by atoms with van der Waals surface area (Å²) in [6.07, 6.45) is 10.5. The molecule has 5 nitrogen and oxygen atoms in total. The van der Waals surface area contributed by atoms with Crippen molar-refractivity contribution in [2.24, 2.45) is 18.9 Å². The van der Waals surface area contributed by atoms with Gasteiger partial charge in [0, 0.05) is 38.8 Å². The van der Waals surface area contributed by atoms with Gasteiger partial charge in [0.15, 0.2) is 0 Å². The number of amides is 1. The molecule has 0 unspecified atom stereocenters. The van der Waals surface area contributed by atoms with Gasteiger partial charge in [-0.2, -0.15) is 5.10 Å². The highest BCUT2D eigenvalue weighted by Gasteiger charge is 2.34. The molecule has 0 radical (unpaired) electrons. The van der Waals surface area contributed by atoms with Crippen LogP contribution >= 0.6 is 0 Å². The minimum absolute atomic E-state index is 0.0396. The van der Waals surface area contributed by atoms with Gasteiger partial charge in [-0.05, 0) is 17.9 Å². The number of rotatable bonds is 5. The van der Waals surface area contributed by atoms with Gasteiger partial charge in [0.25, 0.3) is 0 Å². The maximum Gasteiger partial charge on any atom is 0.225 e. The second-order valence-corrected chi connectivity index (χ2v) is 6.55. The SMILES string of the molecule is Cn1cc([C@H]2CNC[C@@H]2C(=O)NCCC2CCCC2)cn1. The molecule has 2 heterocycles. The van der Waals surface area contributed by atoms with Crippen molar-refractivity contribution in [2.75, 3.05) is 19.6 Å². The molecule has 116 valence electrons. The summed E-state index contributed by atoms with van der Waals surface area (Å²) in [7, 11) is 1.92. The molecule has 21 heavy (non-hydrogen) atoms. The van der Waals surface area contributed by atoms with Crippen LogP contribution in [-0.2, 0) is 11.8 Å². The summed E-state index contributed by atoms with van der Waals surface area (Å²) in [5.74, 6) is 1.33. The number of carbonyl (C=O) groups is 1. The normalized spacial score (nSPS) is 26.3. The first-order chi connectivity index (χ1) is 10.2. The summed E-state index contributed by atoms with van der Waals surface area (Å²) in [6.45, 7) is 2.47. The second kappa shape index (κ2) is 6.60. The second-order valence-electron chi connectivity index (χ2n) is 6.55. The zero-order valence-corrected chi connectivity index (χ0v) is 12.8.